The molecule has 0 radical (unpaired) electrons. The number of Topliss-reactive ketones (excluding diaryl/α,β-unsaturated/α-hetero) is 2. The van der Waals surface area contributed by atoms with Crippen LogP contribution in [0.3, 0.4) is 0 Å². The maximum Gasteiger partial charge on any atom is 0.250 e. The van der Waals surface area contributed by atoms with Crippen molar-refractivity contribution in [3.8, 4) is 0 Å². The van der Waals surface area contributed by atoms with Crippen LogP contribution in [0.4, 0.5) is 5.69 Å². The van der Waals surface area contributed by atoms with Crippen molar-refractivity contribution in [1.82, 2.24) is 5.32 Å². The number of allylic oxidation sites excluding steroid dienone is 1. The Morgan fingerprint density at radius 1 is 1.30 bits per heavy atom. The molecular formula is C17H15ClN2O3. The Balaban J connectivity index is 1.84. The van der Waals surface area contributed by atoms with Gasteiger partial charge in [-0.2, -0.15) is 0 Å². The molecule has 1 aliphatic heterocycles. The summed E-state index contributed by atoms with van der Waals surface area (Å²) in [6.45, 7) is 1.91. The summed E-state index contributed by atoms with van der Waals surface area (Å²) in [4.78, 5) is 36.1. The van der Waals surface area contributed by atoms with Gasteiger partial charge in [0, 0.05) is 17.8 Å². The van der Waals surface area contributed by atoms with Crippen molar-refractivity contribution in [2.45, 2.75) is 18.9 Å². The first-order chi connectivity index (χ1) is 10.9. The monoisotopic (exact) mass is 330 g/mol. The third kappa shape index (κ3) is 2.92. The van der Waals surface area contributed by atoms with Gasteiger partial charge in [0.2, 0.25) is 5.91 Å². The Morgan fingerprint density at radius 3 is 2.83 bits per heavy atom. The molecule has 2 aliphatic rings. The smallest absolute Gasteiger partial charge is 0.250 e. The number of rotatable bonds is 2. The molecule has 6 heteroatoms. The molecule has 1 aliphatic carbocycles. The fourth-order valence-corrected chi connectivity index (χ4v) is 2.89. The molecule has 2 N–H and O–H groups in total. The van der Waals surface area contributed by atoms with Crippen molar-refractivity contribution in [1.29, 1.82) is 0 Å². The maximum absolute atomic E-state index is 12.5. The van der Waals surface area contributed by atoms with Gasteiger partial charge >= 0.3 is 0 Å². The van der Waals surface area contributed by atoms with Crippen molar-refractivity contribution in [3.63, 3.8) is 0 Å². The van der Waals surface area contributed by atoms with E-state index >= 15 is 0 Å². The Kier molecular flexibility index (Phi) is 3.82. The van der Waals surface area contributed by atoms with E-state index in [1.54, 1.807) is 13.0 Å². The summed E-state index contributed by atoms with van der Waals surface area (Å²) in [5.41, 5.74) is 1.12. The van der Waals surface area contributed by atoms with Crippen LogP contribution in [0.25, 0.3) is 6.08 Å². The van der Waals surface area contributed by atoms with Gasteiger partial charge in [-0.25, -0.2) is 0 Å². The number of hydrogen-bond donors (Lipinski definition) is 2. The number of ketones is 2. The van der Waals surface area contributed by atoms with E-state index in [0.717, 1.165) is 11.3 Å². The molecule has 0 fully saturated rings. The van der Waals surface area contributed by atoms with E-state index in [1.807, 2.05) is 24.3 Å². The fourth-order valence-electron chi connectivity index (χ4n) is 2.61. The molecule has 0 saturated carbocycles. The number of benzene rings is 1. The molecule has 1 unspecified atom stereocenters. The summed E-state index contributed by atoms with van der Waals surface area (Å²) in [6.07, 6.45) is 2.80. The Bertz CT molecular complexity index is 782. The molecule has 23 heavy (non-hydrogen) atoms. The average molecular weight is 331 g/mol. The minimum Gasteiger partial charge on any atom is -0.380 e. The van der Waals surface area contributed by atoms with Crippen LogP contribution in [0.1, 0.15) is 18.9 Å². The number of halogens is 1. The van der Waals surface area contributed by atoms with E-state index in [1.165, 1.54) is 6.08 Å². The summed E-state index contributed by atoms with van der Waals surface area (Å²) >= 11 is 5.83. The van der Waals surface area contributed by atoms with Crippen molar-refractivity contribution < 1.29 is 14.4 Å². The number of para-hydroxylation sites is 1. The molecule has 1 amide bonds. The number of hydrogen-bond acceptors (Lipinski definition) is 4. The first-order valence-electron chi connectivity index (χ1n) is 7.20. The number of nitrogens with one attached hydrogen (secondary N) is 2. The highest BCUT2D eigenvalue weighted by molar-refractivity contribution is 6.45. The Labute approximate surface area is 138 Å². The summed E-state index contributed by atoms with van der Waals surface area (Å²) in [6, 6.07) is 7.63. The van der Waals surface area contributed by atoms with Crippen molar-refractivity contribution >= 4 is 40.8 Å². The van der Waals surface area contributed by atoms with Crippen molar-refractivity contribution in [2.75, 3.05) is 11.9 Å². The highest BCUT2D eigenvalue weighted by Gasteiger charge is 2.39. The first kappa shape index (κ1) is 15.5. The molecule has 0 spiro atoms. The third-order valence-corrected chi connectivity index (χ3v) is 4.33. The van der Waals surface area contributed by atoms with Gasteiger partial charge in [-0.1, -0.05) is 29.8 Å². The second-order valence-electron chi connectivity index (χ2n) is 5.78. The lowest BCUT2D eigenvalue weighted by molar-refractivity contribution is -0.132. The predicted octanol–water partition coefficient (Wildman–Crippen LogP) is 2.04. The van der Waals surface area contributed by atoms with E-state index in [-0.39, 0.29) is 23.1 Å². The first-order valence-corrected chi connectivity index (χ1v) is 7.58. The van der Waals surface area contributed by atoms with Crippen LogP contribution in [-0.2, 0) is 14.4 Å². The van der Waals surface area contributed by atoms with Gasteiger partial charge < -0.3 is 10.6 Å². The van der Waals surface area contributed by atoms with Gasteiger partial charge in [0.15, 0.2) is 11.6 Å². The van der Waals surface area contributed by atoms with E-state index < -0.39 is 11.3 Å². The zero-order chi connectivity index (χ0) is 16.6. The molecule has 1 atom stereocenters. The normalized spacial score (nSPS) is 23.4. The SMILES string of the molecule is CC1(NC(=O)C2=Cc3ccccc3NC2)C=C(Cl)C(=O)CC1=O. The fraction of sp³-hybridized carbons (Fsp3) is 0.235. The van der Waals surface area contributed by atoms with Gasteiger partial charge in [-0.3, -0.25) is 14.4 Å². The second kappa shape index (κ2) is 5.66. The molecule has 1 aromatic carbocycles. The summed E-state index contributed by atoms with van der Waals surface area (Å²) < 4.78 is 0. The van der Waals surface area contributed by atoms with Gasteiger partial charge in [0.25, 0.3) is 0 Å². The van der Waals surface area contributed by atoms with E-state index in [2.05, 4.69) is 10.6 Å². The van der Waals surface area contributed by atoms with Crippen LogP contribution >= 0.6 is 11.6 Å². The zero-order valence-electron chi connectivity index (χ0n) is 12.5. The number of amides is 1. The maximum atomic E-state index is 12.5. The van der Waals surface area contributed by atoms with Crippen LogP contribution in [0, 0.1) is 0 Å². The van der Waals surface area contributed by atoms with E-state index in [4.69, 9.17) is 11.6 Å². The highest BCUT2D eigenvalue weighted by Crippen LogP contribution is 2.26. The second-order valence-corrected chi connectivity index (χ2v) is 6.19. The van der Waals surface area contributed by atoms with Crippen LogP contribution in [0.5, 0.6) is 0 Å². The van der Waals surface area contributed by atoms with Gasteiger partial charge in [-0.15, -0.1) is 0 Å². The Morgan fingerprint density at radius 2 is 2.04 bits per heavy atom. The lowest BCUT2D eigenvalue weighted by atomic mass is 9.86. The Hall–Kier alpha value is -2.40. The van der Waals surface area contributed by atoms with Crippen LogP contribution in [-0.4, -0.2) is 29.6 Å². The number of fused-ring (bicyclic) bond motifs is 1. The van der Waals surface area contributed by atoms with Gasteiger partial charge in [0.1, 0.15) is 5.54 Å². The molecule has 3 rings (SSSR count). The quantitative estimate of drug-likeness (QED) is 0.814. The molecular weight excluding hydrogens is 316 g/mol. The molecule has 0 aromatic heterocycles. The zero-order valence-corrected chi connectivity index (χ0v) is 13.2. The van der Waals surface area contributed by atoms with Crippen LogP contribution in [0.2, 0.25) is 0 Å². The molecule has 0 saturated heterocycles. The van der Waals surface area contributed by atoms with Crippen molar-refractivity contribution in [3.05, 3.63) is 46.5 Å². The standard InChI is InChI=1S/C17H15ClN2O3/c1-17(8-12(18)14(21)7-15(17)22)20-16(23)11-6-10-4-2-3-5-13(10)19-9-11/h2-6,8,19H,7,9H2,1H3,(H,20,23). The van der Waals surface area contributed by atoms with Crippen LogP contribution < -0.4 is 10.6 Å². The molecule has 5 nitrogen and oxygen atoms in total. The highest BCUT2D eigenvalue weighted by atomic mass is 35.5. The number of carbonyl (C=O) groups is 3. The molecule has 1 aromatic rings. The summed E-state index contributed by atoms with van der Waals surface area (Å²) in [5, 5.41) is 5.83. The summed E-state index contributed by atoms with van der Waals surface area (Å²) in [7, 11) is 0. The lowest BCUT2D eigenvalue weighted by Crippen LogP contribution is -2.54. The topological polar surface area (TPSA) is 75.3 Å². The summed E-state index contributed by atoms with van der Waals surface area (Å²) in [5.74, 6) is -1.15. The van der Waals surface area contributed by atoms with Crippen molar-refractivity contribution in [2.24, 2.45) is 0 Å². The lowest BCUT2D eigenvalue weighted by Gasteiger charge is -2.30. The number of anilines is 1. The predicted molar refractivity (Wildman–Crippen MR) is 88.0 cm³/mol. The minimum atomic E-state index is -1.26. The molecule has 0 bridgehead atoms. The van der Waals surface area contributed by atoms with Gasteiger partial charge in [0.05, 0.1) is 11.5 Å². The largest absolute Gasteiger partial charge is 0.380 e. The number of carbonyl (C=O) groups excluding carboxylic acids is 3. The third-order valence-electron chi connectivity index (χ3n) is 4.01. The molecule has 118 valence electrons. The van der Waals surface area contributed by atoms with Crippen LogP contribution in [0.15, 0.2) is 40.9 Å². The van der Waals surface area contributed by atoms with Gasteiger partial charge in [-0.05, 0) is 30.7 Å². The van der Waals surface area contributed by atoms with E-state index in [9.17, 15) is 14.4 Å². The molecule has 1 heterocycles. The van der Waals surface area contributed by atoms with E-state index in [0.29, 0.717) is 12.1 Å². The average Bonchev–Trinajstić information content (AvgIpc) is 2.52. The minimum absolute atomic E-state index is 0.0199.